The maximum atomic E-state index is 11.9. The predicted octanol–water partition coefficient (Wildman–Crippen LogP) is 0.830. The number of carbonyl (C=O) groups is 3. The molecule has 0 spiro atoms. The van der Waals surface area contributed by atoms with Crippen LogP contribution in [0.3, 0.4) is 0 Å². The lowest BCUT2D eigenvalue weighted by Gasteiger charge is -2.15. The van der Waals surface area contributed by atoms with Gasteiger partial charge in [-0.15, -0.1) is 0 Å². The Kier molecular flexibility index (Phi) is 7.91. The molecular weight excluding hydrogens is 310 g/mol. The second-order valence-electron chi connectivity index (χ2n) is 5.72. The molecule has 1 aromatic carbocycles. The number of benzene rings is 1. The number of hydrogen-bond acceptors (Lipinski definition) is 5. The van der Waals surface area contributed by atoms with E-state index >= 15 is 0 Å². The summed E-state index contributed by atoms with van der Waals surface area (Å²) >= 11 is 0. The van der Waals surface area contributed by atoms with Gasteiger partial charge in [0.2, 0.25) is 11.8 Å². The van der Waals surface area contributed by atoms with Crippen molar-refractivity contribution in [3.8, 4) is 0 Å². The summed E-state index contributed by atoms with van der Waals surface area (Å²) in [4.78, 5) is 35.1. The first kappa shape index (κ1) is 19.6. The van der Waals surface area contributed by atoms with E-state index in [0.29, 0.717) is 12.3 Å². The molecule has 1 rings (SSSR count). The average Bonchev–Trinajstić information content (AvgIpc) is 2.52. The van der Waals surface area contributed by atoms with Crippen LogP contribution < -0.4 is 16.4 Å². The van der Waals surface area contributed by atoms with Gasteiger partial charge >= 0.3 is 5.97 Å². The summed E-state index contributed by atoms with van der Waals surface area (Å²) < 4.78 is 4.89. The molecule has 0 saturated heterocycles. The van der Waals surface area contributed by atoms with Crippen molar-refractivity contribution in [3.63, 3.8) is 0 Å². The van der Waals surface area contributed by atoms with E-state index in [-0.39, 0.29) is 36.7 Å². The Balaban J connectivity index is 2.52. The van der Waals surface area contributed by atoms with E-state index in [9.17, 15) is 14.4 Å². The second kappa shape index (κ2) is 9.67. The molecule has 24 heavy (non-hydrogen) atoms. The van der Waals surface area contributed by atoms with Crippen molar-refractivity contribution in [2.24, 2.45) is 11.7 Å². The maximum absolute atomic E-state index is 11.9. The quantitative estimate of drug-likeness (QED) is 0.610. The van der Waals surface area contributed by atoms with Crippen LogP contribution in [0.15, 0.2) is 24.3 Å². The van der Waals surface area contributed by atoms with Crippen molar-refractivity contribution in [2.45, 2.75) is 33.2 Å². The number of hydrogen-bond donors (Lipinski definition) is 3. The van der Waals surface area contributed by atoms with Gasteiger partial charge in [-0.2, -0.15) is 0 Å². The molecule has 4 N–H and O–H groups in total. The van der Waals surface area contributed by atoms with E-state index in [0.717, 1.165) is 5.56 Å². The van der Waals surface area contributed by atoms with E-state index in [1.807, 2.05) is 13.8 Å². The fourth-order valence-corrected chi connectivity index (χ4v) is 1.93. The third-order valence-electron chi connectivity index (χ3n) is 3.31. The fraction of sp³-hybridized carbons (Fsp3) is 0.471. The number of esters is 1. The molecule has 0 fully saturated rings. The Morgan fingerprint density at radius 2 is 1.96 bits per heavy atom. The molecule has 7 nitrogen and oxygen atoms in total. The van der Waals surface area contributed by atoms with Crippen LogP contribution in [-0.2, 0) is 25.5 Å². The lowest BCUT2D eigenvalue weighted by Crippen LogP contribution is -2.46. The lowest BCUT2D eigenvalue weighted by molar-refractivity contribution is -0.142. The van der Waals surface area contributed by atoms with Crippen LogP contribution in [-0.4, -0.2) is 37.0 Å². The van der Waals surface area contributed by atoms with Crippen molar-refractivity contribution < 1.29 is 19.1 Å². The molecular formula is C17H25N3O4. The monoisotopic (exact) mass is 335 g/mol. The largest absolute Gasteiger partial charge is 0.466 e. The third kappa shape index (κ3) is 6.78. The summed E-state index contributed by atoms with van der Waals surface area (Å²) in [6, 6.07) is 6.25. The summed E-state index contributed by atoms with van der Waals surface area (Å²) in [6.07, 6.45) is 0.136. The molecule has 0 heterocycles. The van der Waals surface area contributed by atoms with Crippen LogP contribution in [0.5, 0.6) is 0 Å². The highest BCUT2D eigenvalue weighted by Crippen LogP contribution is 2.11. The first-order valence-corrected chi connectivity index (χ1v) is 7.91. The van der Waals surface area contributed by atoms with Crippen molar-refractivity contribution >= 4 is 23.5 Å². The zero-order valence-electron chi connectivity index (χ0n) is 14.3. The van der Waals surface area contributed by atoms with Gasteiger partial charge in [0.25, 0.3) is 0 Å². The Bertz CT molecular complexity index is 587. The molecule has 0 unspecified atom stereocenters. The molecule has 1 aromatic rings. The number of ether oxygens (including phenoxy) is 1. The first-order chi connectivity index (χ1) is 11.3. The number of carbonyl (C=O) groups excluding carboxylic acids is 3. The van der Waals surface area contributed by atoms with Gasteiger partial charge in [0.05, 0.1) is 25.6 Å². The molecule has 1 atom stereocenters. The van der Waals surface area contributed by atoms with Gasteiger partial charge < -0.3 is 21.1 Å². The minimum Gasteiger partial charge on any atom is -0.466 e. The third-order valence-corrected chi connectivity index (χ3v) is 3.31. The highest BCUT2D eigenvalue weighted by Gasteiger charge is 2.17. The summed E-state index contributed by atoms with van der Waals surface area (Å²) in [7, 11) is 0. The normalized spacial score (nSPS) is 11.7. The van der Waals surface area contributed by atoms with Gasteiger partial charge in [0.1, 0.15) is 0 Å². The standard InChI is InChI=1S/C17H25N3O4/c1-4-24-15(22)9-12-6-5-7-13(8-12)20-14(21)10-19-17(23)16(18)11(2)3/h5-8,11,16H,4,9-10,18H2,1-3H3,(H,19,23)(H,20,21)/t16-/m0/s1. The zero-order valence-corrected chi connectivity index (χ0v) is 14.3. The molecule has 0 bridgehead atoms. The Morgan fingerprint density at radius 3 is 2.58 bits per heavy atom. The van der Waals surface area contributed by atoms with Gasteiger partial charge in [-0.05, 0) is 30.5 Å². The fourth-order valence-electron chi connectivity index (χ4n) is 1.93. The molecule has 0 aliphatic rings. The molecule has 2 amide bonds. The average molecular weight is 335 g/mol. The van der Waals surface area contributed by atoms with E-state index < -0.39 is 6.04 Å². The van der Waals surface area contributed by atoms with E-state index in [4.69, 9.17) is 10.5 Å². The summed E-state index contributed by atoms with van der Waals surface area (Å²) in [5.41, 5.74) is 6.98. The maximum Gasteiger partial charge on any atom is 0.310 e. The molecule has 7 heteroatoms. The van der Waals surface area contributed by atoms with Crippen molar-refractivity contribution in [1.82, 2.24) is 5.32 Å². The van der Waals surface area contributed by atoms with Crippen molar-refractivity contribution in [3.05, 3.63) is 29.8 Å². The second-order valence-corrected chi connectivity index (χ2v) is 5.72. The number of rotatable bonds is 8. The number of nitrogens with two attached hydrogens (primary N) is 1. The molecule has 0 aliphatic heterocycles. The highest BCUT2D eigenvalue weighted by atomic mass is 16.5. The summed E-state index contributed by atoms with van der Waals surface area (Å²) in [5, 5.41) is 5.16. The van der Waals surface area contributed by atoms with Crippen LogP contribution in [0.1, 0.15) is 26.3 Å². The van der Waals surface area contributed by atoms with E-state index in [1.54, 1.807) is 31.2 Å². The summed E-state index contributed by atoms with van der Waals surface area (Å²) in [6.45, 7) is 5.57. The zero-order chi connectivity index (χ0) is 18.1. The molecule has 132 valence electrons. The van der Waals surface area contributed by atoms with Crippen molar-refractivity contribution in [2.75, 3.05) is 18.5 Å². The van der Waals surface area contributed by atoms with Gasteiger partial charge in [0, 0.05) is 5.69 Å². The van der Waals surface area contributed by atoms with Crippen molar-refractivity contribution in [1.29, 1.82) is 0 Å². The van der Waals surface area contributed by atoms with Crippen LogP contribution in [0.25, 0.3) is 0 Å². The van der Waals surface area contributed by atoms with E-state index in [2.05, 4.69) is 10.6 Å². The Labute approximate surface area is 141 Å². The first-order valence-electron chi connectivity index (χ1n) is 7.91. The summed E-state index contributed by atoms with van der Waals surface area (Å²) in [5.74, 6) is -1.06. The van der Waals surface area contributed by atoms with Crippen LogP contribution >= 0.6 is 0 Å². The van der Waals surface area contributed by atoms with Gasteiger partial charge in [-0.25, -0.2) is 0 Å². The minimum absolute atomic E-state index is 0.00683. The highest BCUT2D eigenvalue weighted by molar-refractivity contribution is 5.95. The molecule has 0 aliphatic carbocycles. The lowest BCUT2D eigenvalue weighted by atomic mass is 10.1. The Hall–Kier alpha value is -2.41. The molecule has 0 aromatic heterocycles. The molecule has 0 saturated carbocycles. The topological polar surface area (TPSA) is 111 Å². The molecule has 0 radical (unpaired) electrons. The number of nitrogens with one attached hydrogen (secondary N) is 2. The Morgan fingerprint density at radius 1 is 1.25 bits per heavy atom. The predicted molar refractivity (Wildman–Crippen MR) is 91.2 cm³/mol. The van der Waals surface area contributed by atoms with Crippen LogP contribution in [0, 0.1) is 5.92 Å². The smallest absolute Gasteiger partial charge is 0.310 e. The van der Waals surface area contributed by atoms with Crippen LogP contribution in [0.2, 0.25) is 0 Å². The van der Waals surface area contributed by atoms with Crippen LogP contribution in [0.4, 0.5) is 5.69 Å². The van der Waals surface area contributed by atoms with Gasteiger partial charge in [0.15, 0.2) is 0 Å². The number of anilines is 1. The SMILES string of the molecule is CCOC(=O)Cc1cccc(NC(=O)CNC(=O)[C@@H](N)C(C)C)c1. The minimum atomic E-state index is -0.647. The van der Waals surface area contributed by atoms with Gasteiger partial charge in [-0.1, -0.05) is 26.0 Å². The number of amides is 2. The van der Waals surface area contributed by atoms with Gasteiger partial charge in [-0.3, -0.25) is 14.4 Å². The van der Waals surface area contributed by atoms with E-state index in [1.165, 1.54) is 0 Å².